The van der Waals surface area contributed by atoms with Crippen LogP contribution in [0.1, 0.15) is 45.0 Å². The van der Waals surface area contributed by atoms with Crippen LogP contribution in [0.2, 0.25) is 0 Å². The van der Waals surface area contributed by atoms with Crippen molar-refractivity contribution in [3.05, 3.63) is 24.0 Å². The second kappa shape index (κ2) is 6.91. The van der Waals surface area contributed by atoms with Gasteiger partial charge in [0.2, 0.25) is 0 Å². The van der Waals surface area contributed by atoms with Gasteiger partial charge >= 0.3 is 0 Å². The number of hydrogen-bond donors (Lipinski definition) is 3. The van der Waals surface area contributed by atoms with E-state index in [0.29, 0.717) is 17.4 Å². The number of imidazole rings is 1. The molecule has 0 radical (unpaired) electrons. The summed E-state index contributed by atoms with van der Waals surface area (Å²) in [6.07, 6.45) is 2.26. The number of benzene rings is 1. The molecule has 0 fully saturated rings. The van der Waals surface area contributed by atoms with Crippen LogP contribution in [0.4, 0.5) is 5.69 Å². The van der Waals surface area contributed by atoms with Gasteiger partial charge in [0.25, 0.3) is 0 Å². The van der Waals surface area contributed by atoms with Crippen LogP contribution < -0.4 is 5.73 Å². The van der Waals surface area contributed by atoms with Crippen LogP contribution in [-0.4, -0.2) is 26.4 Å². The van der Waals surface area contributed by atoms with Crippen LogP contribution in [0.3, 0.4) is 0 Å². The number of anilines is 1. The third kappa shape index (κ3) is 3.54. The summed E-state index contributed by atoms with van der Waals surface area (Å²) in [5.41, 5.74) is 8.28. The number of fused-ring (bicyclic) bond motifs is 1. The Kier molecular flexibility index (Phi) is 5.20. The molecule has 2 atom stereocenters. The highest BCUT2D eigenvalue weighted by molar-refractivity contribution is 5.79. The van der Waals surface area contributed by atoms with Gasteiger partial charge in [-0.1, -0.05) is 13.3 Å². The molecule has 0 saturated heterocycles. The van der Waals surface area contributed by atoms with Gasteiger partial charge in [-0.15, -0.1) is 0 Å². The lowest BCUT2D eigenvalue weighted by molar-refractivity contribution is 0.179. The number of aromatic nitrogens is 2. The predicted octanol–water partition coefficient (Wildman–Crippen LogP) is 2.47. The Morgan fingerprint density at radius 1 is 1.33 bits per heavy atom. The van der Waals surface area contributed by atoms with E-state index in [4.69, 9.17) is 5.73 Å². The lowest BCUT2D eigenvalue weighted by Crippen LogP contribution is -2.15. The summed E-state index contributed by atoms with van der Waals surface area (Å²) < 4.78 is 2.06. The lowest BCUT2D eigenvalue weighted by atomic mass is 10.00. The Labute approximate surface area is 125 Å². The van der Waals surface area contributed by atoms with E-state index in [1.54, 1.807) is 6.92 Å². The van der Waals surface area contributed by atoms with Gasteiger partial charge in [0.05, 0.1) is 11.0 Å². The van der Waals surface area contributed by atoms with Crippen molar-refractivity contribution in [2.24, 2.45) is 5.92 Å². The van der Waals surface area contributed by atoms with Crippen molar-refractivity contribution < 1.29 is 10.2 Å². The van der Waals surface area contributed by atoms with E-state index < -0.39 is 6.10 Å². The van der Waals surface area contributed by atoms with Crippen LogP contribution in [0.5, 0.6) is 0 Å². The fraction of sp³-hybridized carbons (Fsp3) is 0.562. The molecule has 0 spiro atoms. The minimum absolute atomic E-state index is 0.189. The maximum atomic E-state index is 9.98. The zero-order valence-electron chi connectivity index (χ0n) is 12.8. The summed E-state index contributed by atoms with van der Waals surface area (Å²) in [6.45, 7) is 4.82. The van der Waals surface area contributed by atoms with Crippen LogP contribution in [0.25, 0.3) is 11.0 Å². The lowest BCUT2D eigenvalue weighted by Gasteiger charge is -2.19. The van der Waals surface area contributed by atoms with E-state index in [1.807, 2.05) is 18.2 Å². The van der Waals surface area contributed by atoms with E-state index >= 15 is 0 Å². The first-order valence-corrected chi connectivity index (χ1v) is 7.61. The highest BCUT2D eigenvalue weighted by Crippen LogP contribution is 2.25. The molecule has 2 unspecified atom stereocenters. The van der Waals surface area contributed by atoms with E-state index in [9.17, 15) is 10.2 Å². The molecule has 0 aliphatic heterocycles. The molecule has 0 saturated carbocycles. The topological polar surface area (TPSA) is 84.3 Å². The fourth-order valence-corrected chi connectivity index (χ4v) is 2.85. The third-order valence-corrected chi connectivity index (χ3v) is 3.85. The predicted molar refractivity (Wildman–Crippen MR) is 84.9 cm³/mol. The van der Waals surface area contributed by atoms with Gasteiger partial charge in [0, 0.05) is 18.8 Å². The summed E-state index contributed by atoms with van der Waals surface area (Å²) >= 11 is 0. The van der Waals surface area contributed by atoms with E-state index in [0.717, 1.165) is 36.8 Å². The highest BCUT2D eigenvalue weighted by atomic mass is 16.3. The Morgan fingerprint density at radius 3 is 2.71 bits per heavy atom. The number of rotatable bonds is 7. The number of aliphatic hydroxyl groups is 2. The van der Waals surface area contributed by atoms with Crippen molar-refractivity contribution in [3.8, 4) is 0 Å². The standard InChI is InChI=1S/C16H25N3O2/c1-3-4-12(7-8-20)10-19-15-6-5-13(17)9-14(15)18-16(19)11(2)21/h5-6,9,11-12,20-21H,3-4,7-8,10,17H2,1-2H3. The summed E-state index contributed by atoms with van der Waals surface area (Å²) in [6, 6.07) is 5.64. The molecule has 21 heavy (non-hydrogen) atoms. The Balaban J connectivity index is 2.41. The van der Waals surface area contributed by atoms with Crippen LogP contribution >= 0.6 is 0 Å². The second-order valence-electron chi connectivity index (χ2n) is 5.67. The summed E-state index contributed by atoms with van der Waals surface area (Å²) in [4.78, 5) is 4.52. The normalized spacial score (nSPS) is 14.5. The number of nitrogens with two attached hydrogens (primary N) is 1. The van der Waals surface area contributed by atoms with Gasteiger partial charge in [0.15, 0.2) is 0 Å². The van der Waals surface area contributed by atoms with Gasteiger partial charge in [-0.25, -0.2) is 4.98 Å². The largest absolute Gasteiger partial charge is 0.399 e. The molecule has 0 aliphatic rings. The quantitative estimate of drug-likeness (QED) is 0.684. The molecule has 0 amide bonds. The molecule has 5 heteroatoms. The monoisotopic (exact) mass is 291 g/mol. The third-order valence-electron chi connectivity index (χ3n) is 3.85. The number of aliphatic hydroxyl groups excluding tert-OH is 2. The molecule has 116 valence electrons. The summed E-state index contributed by atoms with van der Waals surface area (Å²) in [7, 11) is 0. The molecular formula is C16H25N3O2. The molecule has 0 aliphatic carbocycles. The molecule has 5 nitrogen and oxygen atoms in total. The zero-order chi connectivity index (χ0) is 15.4. The van der Waals surface area contributed by atoms with Crippen LogP contribution in [0, 0.1) is 5.92 Å². The van der Waals surface area contributed by atoms with Gasteiger partial charge in [0.1, 0.15) is 11.9 Å². The SMILES string of the molecule is CCCC(CCO)Cn1c(C(C)O)nc2cc(N)ccc21. The van der Waals surface area contributed by atoms with Crippen molar-refractivity contribution in [1.82, 2.24) is 9.55 Å². The van der Waals surface area contributed by atoms with E-state index in [1.165, 1.54) is 0 Å². The first-order valence-electron chi connectivity index (χ1n) is 7.61. The van der Waals surface area contributed by atoms with Gasteiger partial charge in [-0.05, 0) is 43.9 Å². The molecule has 1 aromatic heterocycles. The summed E-state index contributed by atoms with van der Waals surface area (Å²) in [5.74, 6) is 1.04. The van der Waals surface area contributed by atoms with Crippen molar-refractivity contribution in [1.29, 1.82) is 0 Å². The molecule has 2 rings (SSSR count). The smallest absolute Gasteiger partial charge is 0.138 e. The average Bonchev–Trinajstić information content (AvgIpc) is 2.77. The van der Waals surface area contributed by atoms with Crippen molar-refractivity contribution in [2.75, 3.05) is 12.3 Å². The number of nitrogens with zero attached hydrogens (tertiary/aromatic N) is 2. The molecule has 1 aromatic carbocycles. The van der Waals surface area contributed by atoms with Crippen molar-refractivity contribution in [2.45, 2.75) is 45.8 Å². The molecule has 4 N–H and O–H groups in total. The number of nitrogen functional groups attached to an aromatic ring is 1. The van der Waals surface area contributed by atoms with Crippen LogP contribution in [-0.2, 0) is 6.54 Å². The molecule has 2 aromatic rings. The van der Waals surface area contributed by atoms with Crippen molar-refractivity contribution >= 4 is 16.7 Å². The minimum Gasteiger partial charge on any atom is -0.399 e. The Hall–Kier alpha value is -1.59. The maximum absolute atomic E-state index is 9.98. The Bertz CT molecular complexity index is 586. The molecule has 1 heterocycles. The first kappa shape index (κ1) is 15.8. The van der Waals surface area contributed by atoms with Gasteiger partial charge in [-0.2, -0.15) is 0 Å². The first-order chi connectivity index (χ1) is 10.1. The maximum Gasteiger partial charge on any atom is 0.138 e. The molecule has 0 bridgehead atoms. The Morgan fingerprint density at radius 2 is 2.10 bits per heavy atom. The average molecular weight is 291 g/mol. The van der Waals surface area contributed by atoms with Gasteiger partial charge in [-0.3, -0.25) is 0 Å². The van der Waals surface area contributed by atoms with E-state index in [-0.39, 0.29) is 6.61 Å². The second-order valence-corrected chi connectivity index (χ2v) is 5.67. The van der Waals surface area contributed by atoms with Crippen molar-refractivity contribution in [3.63, 3.8) is 0 Å². The van der Waals surface area contributed by atoms with E-state index in [2.05, 4.69) is 16.5 Å². The fourth-order valence-electron chi connectivity index (χ4n) is 2.85. The molecular weight excluding hydrogens is 266 g/mol. The minimum atomic E-state index is -0.630. The zero-order valence-corrected chi connectivity index (χ0v) is 12.8. The van der Waals surface area contributed by atoms with Gasteiger partial charge < -0.3 is 20.5 Å². The number of hydrogen-bond acceptors (Lipinski definition) is 4. The van der Waals surface area contributed by atoms with Crippen LogP contribution in [0.15, 0.2) is 18.2 Å². The highest BCUT2D eigenvalue weighted by Gasteiger charge is 2.18. The summed E-state index contributed by atoms with van der Waals surface area (Å²) in [5, 5.41) is 19.2.